The first kappa shape index (κ1) is 25.9. The predicted octanol–water partition coefficient (Wildman–Crippen LogP) is 5.30. The van der Waals surface area contributed by atoms with Crippen LogP contribution in [0.25, 0.3) is 11.0 Å². The van der Waals surface area contributed by atoms with Crippen LogP contribution >= 0.6 is 0 Å². The maximum absolute atomic E-state index is 13.3. The topological polar surface area (TPSA) is 65.9 Å². The number of hydrogen-bond donors (Lipinski definition) is 1. The first-order valence-electron chi connectivity index (χ1n) is 12.7. The van der Waals surface area contributed by atoms with E-state index in [2.05, 4.69) is 21.7 Å². The molecule has 0 radical (unpaired) electrons. The van der Waals surface area contributed by atoms with Gasteiger partial charge in [-0.15, -0.1) is 5.06 Å². The smallest absolute Gasteiger partial charge is 0.414 e. The summed E-state index contributed by atoms with van der Waals surface area (Å²) in [7, 11) is 4.07. The third-order valence-electron chi connectivity index (χ3n) is 7.24. The lowest BCUT2D eigenvalue weighted by Gasteiger charge is -2.36. The first-order valence-corrected chi connectivity index (χ1v) is 12.7. The molecule has 2 aliphatic rings. The maximum Gasteiger partial charge on any atom is 0.416 e. The number of nitrogens with zero attached hydrogens (tertiary/aromatic N) is 5. The van der Waals surface area contributed by atoms with E-state index >= 15 is 0 Å². The molecule has 0 spiro atoms. The molecule has 38 heavy (non-hydrogen) atoms. The Kier molecular flexibility index (Phi) is 6.95. The van der Waals surface area contributed by atoms with E-state index in [1.165, 1.54) is 18.4 Å². The Morgan fingerprint density at radius 1 is 1.13 bits per heavy atom. The number of alkyl halides is 3. The molecule has 1 atom stereocenters. The molecule has 1 amide bonds. The molecule has 0 saturated carbocycles. The number of carbonyl (C=O) groups excluding carboxylic acids is 1. The van der Waals surface area contributed by atoms with Crippen molar-refractivity contribution in [1.82, 2.24) is 14.6 Å². The van der Waals surface area contributed by atoms with Crippen molar-refractivity contribution in [2.24, 2.45) is 0 Å². The number of fused-ring (bicyclic) bond motifs is 3. The van der Waals surface area contributed by atoms with Crippen LogP contribution in [0.2, 0.25) is 0 Å². The van der Waals surface area contributed by atoms with E-state index < -0.39 is 17.6 Å². The summed E-state index contributed by atoms with van der Waals surface area (Å²) in [5, 5.41) is 4.67. The van der Waals surface area contributed by atoms with E-state index in [-0.39, 0.29) is 11.6 Å². The van der Waals surface area contributed by atoms with E-state index in [0.29, 0.717) is 18.0 Å². The molecule has 1 unspecified atom stereocenters. The fraction of sp³-hybridized carbons (Fsp3) is 0.407. The lowest BCUT2D eigenvalue weighted by Crippen LogP contribution is -2.37. The number of hydroxylamine groups is 2. The molecule has 3 aromatic rings. The van der Waals surface area contributed by atoms with Crippen molar-refractivity contribution in [1.29, 1.82) is 0 Å². The monoisotopic (exact) mass is 528 g/mol. The van der Waals surface area contributed by atoms with Gasteiger partial charge < -0.3 is 19.2 Å². The Morgan fingerprint density at radius 3 is 2.68 bits per heavy atom. The Morgan fingerprint density at radius 2 is 1.92 bits per heavy atom. The number of halogens is 3. The van der Waals surface area contributed by atoms with Gasteiger partial charge in [-0.3, -0.25) is 10.1 Å². The number of anilines is 3. The number of likely N-dealkylation sites (N-methyl/N-ethyl adjacent to an activating group) is 2. The average Bonchev–Trinajstić information content (AvgIpc) is 3.08. The summed E-state index contributed by atoms with van der Waals surface area (Å²) >= 11 is 0. The molecule has 1 aromatic heterocycles. The number of carbonyl (C=O) groups is 1. The third kappa shape index (κ3) is 4.90. The lowest BCUT2D eigenvalue weighted by molar-refractivity contribution is -0.137. The zero-order valence-electron chi connectivity index (χ0n) is 21.5. The van der Waals surface area contributed by atoms with Gasteiger partial charge in [0.25, 0.3) is 5.91 Å². The zero-order valence-corrected chi connectivity index (χ0v) is 21.5. The van der Waals surface area contributed by atoms with E-state index in [9.17, 15) is 18.0 Å². The number of aromatic nitrogens is 2. The van der Waals surface area contributed by atoms with Gasteiger partial charge in [-0.25, -0.2) is 4.98 Å². The van der Waals surface area contributed by atoms with Crippen molar-refractivity contribution in [3.8, 4) is 0 Å². The van der Waals surface area contributed by atoms with Gasteiger partial charge in [-0.05, 0) is 49.6 Å². The predicted molar refractivity (Wildman–Crippen MR) is 141 cm³/mol. The highest BCUT2D eigenvalue weighted by Gasteiger charge is 2.32. The average molecular weight is 529 g/mol. The second-order valence-electron chi connectivity index (χ2n) is 9.79. The van der Waals surface area contributed by atoms with Crippen molar-refractivity contribution in [3.63, 3.8) is 0 Å². The van der Waals surface area contributed by atoms with Crippen molar-refractivity contribution in [2.45, 2.75) is 31.5 Å². The second-order valence-corrected chi connectivity index (χ2v) is 9.79. The third-order valence-corrected chi connectivity index (χ3v) is 7.24. The summed E-state index contributed by atoms with van der Waals surface area (Å²) < 4.78 is 41.9. The highest BCUT2D eigenvalue weighted by atomic mass is 19.4. The molecule has 2 aliphatic heterocycles. The molecule has 3 heterocycles. The van der Waals surface area contributed by atoms with E-state index in [1.54, 1.807) is 0 Å². The summed E-state index contributed by atoms with van der Waals surface area (Å²) in [5.74, 6) is -0.359. The highest BCUT2D eigenvalue weighted by Crippen LogP contribution is 2.42. The fourth-order valence-corrected chi connectivity index (χ4v) is 5.33. The van der Waals surface area contributed by atoms with Gasteiger partial charge in [0, 0.05) is 39.3 Å². The summed E-state index contributed by atoms with van der Waals surface area (Å²) in [4.78, 5) is 28.0. The number of hydrogen-bond acceptors (Lipinski definition) is 6. The maximum atomic E-state index is 13.3. The van der Waals surface area contributed by atoms with Crippen LogP contribution in [-0.2, 0) is 11.0 Å². The molecular weight excluding hydrogens is 497 g/mol. The minimum absolute atomic E-state index is 0.0882. The lowest BCUT2D eigenvalue weighted by atomic mass is 10.1. The number of rotatable bonds is 5. The molecule has 5 rings (SSSR count). The SMILES string of the molecule is C=CON1CCCCC(n2c(NC(=O)c3cccc(C(F)(F)F)c3)nc3ccc4c(c32)N(C)CCN4C)C1. The molecule has 1 fully saturated rings. The summed E-state index contributed by atoms with van der Waals surface area (Å²) in [5.41, 5.74) is 2.67. The number of benzene rings is 2. The highest BCUT2D eigenvalue weighted by molar-refractivity contribution is 6.06. The molecule has 11 heteroatoms. The zero-order chi connectivity index (χ0) is 27.0. The van der Waals surface area contributed by atoms with Crippen molar-refractivity contribution in [3.05, 3.63) is 60.4 Å². The van der Waals surface area contributed by atoms with Crippen LogP contribution in [0.5, 0.6) is 0 Å². The second kappa shape index (κ2) is 10.2. The van der Waals surface area contributed by atoms with Crippen LogP contribution in [0.4, 0.5) is 30.5 Å². The van der Waals surface area contributed by atoms with Crippen molar-refractivity contribution in [2.75, 3.05) is 55.4 Å². The van der Waals surface area contributed by atoms with Crippen LogP contribution in [0, 0.1) is 0 Å². The first-order chi connectivity index (χ1) is 18.2. The van der Waals surface area contributed by atoms with Gasteiger partial charge in [-0.1, -0.05) is 12.6 Å². The molecule has 202 valence electrons. The van der Waals surface area contributed by atoms with E-state index in [1.807, 2.05) is 35.9 Å². The largest absolute Gasteiger partial charge is 0.416 e. The van der Waals surface area contributed by atoms with E-state index in [0.717, 1.165) is 67.9 Å². The Hall–Kier alpha value is -3.73. The standard InChI is InChI=1S/C27H31F3N6O2/c1-4-38-35-13-6-5-10-20(17-35)36-23-21(11-12-22-24(23)34(3)15-14-33(22)2)31-26(36)32-25(37)18-8-7-9-19(16-18)27(28,29)30/h4,7-9,11-12,16,20H,1,5-6,10,13-15,17H2,2-3H3,(H,31,32,37). The van der Waals surface area contributed by atoms with Gasteiger partial charge >= 0.3 is 6.18 Å². The van der Waals surface area contributed by atoms with Gasteiger partial charge in [0.1, 0.15) is 6.26 Å². The molecule has 0 aliphatic carbocycles. The van der Waals surface area contributed by atoms with Gasteiger partial charge in [0.2, 0.25) is 5.95 Å². The summed E-state index contributed by atoms with van der Waals surface area (Å²) in [6.45, 7) is 6.64. The fourth-order valence-electron chi connectivity index (χ4n) is 5.33. The number of nitrogens with one attached hydrogen (secondary N) is 1. The van der Waals surface area contributed by atoms with Crippen LogP contribution in [0.1, 0.15) is 41.2 Å². The molecule has 2 aromatic carbocycles. The number of imidazole rings is 1. The molecule has 0 bridgehead atoms. The van der Waals surface area contributed by atoms with Crippen molar-refractivity contribution < 1.29 is 22.8 Å². The minimum Gasteiger partial charge on any atom is -0.414 e. The quantitative estimate of drug-likeness (QED) is 0.454. The van der Waals surface area contributed by atoms with Gasteiger partial charge in [0.05, 0.1) is 40.6 Å². The molecule has 1 N–H and O–H groups in total. The van der Waals surface area contributed by atoms with Crippen LogP contribution < -0.4 is 15.1 Å². The molecular formula is C27H31F3N6O2. The van der Waals surface area contributed by atoms with Crippen LogP contribution in [0.3, 0.4) is 0 Å². The molecule has 1 saturated heterocycles. The Bertz CT molecular complexity index is 1350. The number of amides is 1. The summed E-state index contributed by atoms with van der Waals surface area (Å²) in [6.07, 6.45) is -0.460. The molecule has 8 nitrogen and oxygen atoms in total. The van der Waals surface area contributed by atoms with Crippen LogP contribution in [-0.4, -0.2) is 60.8 Å². The Balaban J connectivity index is 1.63. The normalized spacial score (nSPS) is 18.7. The van der Waals surface area contributed by atoms with Gasteiger partial charge in [-0.2, -0.15) is 13.2 Å². The minimum atomic E-state index is -4.55. The van der Waals surface area contributed by atoms with Crippen molar-refractivity contribution >= 4 is 34.3 Å². The van der Waals surface area contributed by atoms with Gasteiger partial charge in [0.15, 0.2) is 0 Å². The summed E-state index contributed by atoms with van der Waals surface area (Å²) in [6, 6.07) is 8.25. The Labute approximate surface area is 219 Å². The van der Waals surface area contributed by atoms with E-state index in [4.69, 9.17) is 9.82 Å². The van der Waals surface area contributed by atoms with Crippen LogP contribution in [0.15, 0.2) is 49.2 Å².